The van der Waals surface area contributed by atoms with Crippen molar-refractivity contribution in [2.24, 2.45) is 0 Å². The Balaban J connectivity index is 1.72. The molecule has 0 atom stereocenters. The Morgan fingerprint density at radius 1 is 0.828 bits per heavy atom. The van der Waals surface area contributed by atoms with Gasteiger partial charge in [0.1, 0.15) is 0 Å². The zero-order valence-electron chi connectivity index (χ0n) is 14.9. The van der Waals surface area contributed by atoms with Crippen LogP contribution in [0.2, 0.25) is 0 Å². The van der Waals surface area contributed by atoms with Gasteiger partial charge in [-0.05, 0) is 52.6 Å². The van der Waals surface area contributed by atoms with Crippen LogP contribution in [-0.4, -0.2) is 16.7 Å². The molecule has 0 saturated carbocycles. The third kappa shape index (κ3) is 3.88. The Morgan fingerprint density at radius 2 is 1.62 bits per heavy atom. The van der Waals surface area contributed by atoms with Crippen molar-refractivity contribution in [2.45, 2.75) is 12.7 Å². The van der Waals surface area contributed by atoms with Crippen molar-refractivity contribution in [3.8, 4) is 11.3 Å². The first-order chi connectivity index (χ1) is 13.8. The Labute approximate surface area is 162 Å². The molecular formula is C21H14F5N3. The molecule has 0 amide bonds. The van der Waals surface area contributed by atoms with Crippen LogP contribution in [0.25, 0.3) is 16.8 Å². The van der Waals surface area contributed by atoms with E-state index in [1.807, 2.05) is 6.08 Å². The monoisotopic (exact) mass is 403 g/mol. The van der Waals surface area contributed by atoms with Gasteiger partial charge in [0.2, 0.25) is 0 Å². The first-order valence-corrected chi connectivity index (χ1v) is 8.74. The molecule has 1 aliphatic rings. The maximum atomic E-state index is 13.7. The number of benzene rings is 2. The molecule has 3 aromatic rings. The second kappa shape index (κ2) is 7.36. The van der Waals surface area contributed by atoms with Gasteiger partial charge in [-0.1, -0.05) is 24.3 Å². The Bertz CT molecular complexity index is 1090. The fraction of sp³-hybridized carbons (Fsp3) is 0.143. The lowest BCUT2D eigenvalue weighted by Crippen LogP contribution is -2.11. The summed E-state index contributed by atoms with van der Waals surface area (Å²) in [5.74, 6) is -1.85. The van der Waals surface area contributed by atoms with Gasteiger partial charge in [0.25, 0.3) is 0 Å². The Hall–Kier alpha value is -3.13. The number of rotatable bonds is 2. The first kappa shape index (κ1) is 19.2. The van der Waals surface area contributed by atoms with Crippen molar-refractivity contribution in [1.82, 2.24) is 15.5 Å². The summed E-state index contributed by atoms with van der Waals surface area (Å²) >= 11 is 0. The smallest absolute Gasteiger partial charge is 0.309 e. The van der Waals surface area contributed by atoms with E-state index in [-0.39, 0.29) is 0 Å². The van der Waals surface area contributed by atoms with Crippen molar-refractivity contribution < 1.29 is 22.0 Å². The number of alkyl halides is 3. The molecule has 29 heavy (non-hydrogen) atoms. The van der Waals surface area contributed by atoms with E-state index in [1.54, 1.807) is 18.2 Å². The van der Waals surface area contributed by atoms with Gasteiger partial charge in [-0.3, -0.25) is 0 Å². The minimum absolute atomic E-state index is 0.309. The van der Waals surface area contributed by atoms with Crippen LogP contribution in [0.3, 0.4) is 0 Å². The van der Waals surface area contributed by atoms with Gasteiger partial charge in [-0.15, -0.1) is 10.2 Å². The lowest BCUT2D eigenvalue weighted by molar-refractivity contribution is -0.141. The van der Waals surface area contributed by atoms with Crippen LogP contribution in [0.1, 0.15) is 22.4 Å². The first-order valence-electron chi connectivity index (χ1n) is 8.74. The molecule has 2 heterocycles. The van der Waals surface area contributed by atoms with E-state index in [1.165, 1.54) is 12.1 Å². The molecule has 8 heteroatoms. The van der Waals surface area contributed by atoms with Crippen LogP contribution in [-0.2, 0) is 12.7 Å². The zero-order chi connectivity index (χ0) is 20.6. The number of hydrogen-bond donors (Lipinski definition) is 1. The maximum Gasteiger partial charge on any atom is 0.435 e. The number of hydrogen-bond acceptors (Lipinski definition) is 3. The van der Waals surface area contributed by atoms with Gasteiger partial charge in [0, 0.05) is 18.7 Å². The molecule has 0 bridgehead atoms. The van der Waals surface area contributed by atoms with E-state index in [0.717, 1.165) is 34.9 Å². The third-order valence-electron chi connectivity index (χ3n) is 4.64. The fourth-order valence-corrected chi connectivity index (χ4v) is 3.23. The molecule has 3 nitrogen and oxygen atoms in total. The van der Waals surface area contributed by atoms with Crippen molar-refractivity contribution >= 4 is 5.57 Å². The fourth-order valence-electron chi connectivity index (χ4n) is 3.23. The quantitative estimate of drug-likeness (QED) is 0.614. The molecule has 1 aliphatic heterocycles. The topological polar surface area (TPSA) is 37.8 Å². The summed E-state index contributed by atoms with van der Waals surface area (Å²) in [6, 6.07) is 11.2. The van der Waals surface area contributed by atoms with Gasteiger partial charge in [0.15, 0.2) is 17.3 Å². The van der Waals surface area contributed by atoms with Gasteiger partial charge < -0.3 is 5.32 Å². The standard InChI is InChI=1S/C21H14F5N3/c22-17-4-2-12(10-18(17)23)16-7-8-27-11-14-9-13(1-3-15(14)16)19-5-6-20(29-28-19)21(24,25)26/h1-7,9-10,27H,8,11H2. The Kier molecular flexibility index (Phi) is 4.87. The number of nitrogens with zero attached hydrogens (tertiary/aromatic N) is 2. The summed E-state index contributed by atoms with van der Waals surface area (Å²) in [6.07, 6.45) is -2.66. The lowest BCUT2D eigenvalue weighted by atomic mass is 9.92. The molecule has 0 spiro atoms. The van der Waals surface area contributed by atoms with Crippen molar-refractivity contribution in [3.63, 3.8) is 0 Å². The SMILES string of the molecule is Fc1ccc(C2=CCNCc3cc(-c4ccc(C(F)(F)F)nn4)ccc32)cc1F. The van der Waals surface area contributed by atoms with E-state index in [2.05, 4.69) is 15.5 Å². The molecule has 0 saturated heterocycles. The second-order valence-electron chi connectivity index (χ2n) is 6.55. The lowest BCUT2D eigenvalue weighted by Gasteiger charge is -2.13. The predicted molar refractivity (Wildman–Crippen MR) is 97.6 cm³/mol. The highest BCUT2D eigenvalue weighted by atomic mass is 19.4. The average molecular weight is 403 g/mol. The predicted octanol–water partition coefficient (Wildman–Crippen LogP) is 4.98. The maximum absolute atomic E-state index is 13.7. The summed E-state index contributed by atoms with van der Waals surface area (Å²) in [4.78, 5) is 0. The molecule has 1 aromatic heterocycles. The molecule has 0 aliphatic carbocycles. The second-order valence-corrected chi connectivity index (χ2v) is 6.55. The van der Waals surface area contributed by atoms with Crippen LogP contribution in [0.5, 0.6) is 0 Å². The normalized spacial score (nSPS) is 14.2. The van der Waals surface area contributed by atoms with E-state index in [9.17, 15) is 22.0 Å². The van der Waals surface area contributed by atoms with Crippen LogP contribution in [0, 0.1) is 11.6 Å². The van der Waals surface area contributed by atoms with Crippen LogP contribution < -0.4 is 5.32 Å². The summed E-state index contributed by atoms with van der Waals surface area (Å²) in [7, 11) is 0. The molecule has 0 unspecified atom stereocenters. The van der Waals surface area contributed by atoms with Crippen LogP contribution in [0.4, 0.5) is 22.0 Å². The van der Waals surface area contributed by atoms with E-state index >= 15 is 0 Å². The minimum atomic E-state index is -4.55. The molecule has 0 fully saturated rings. The molecule has 148 valence electrons. The van der Waals surface area contributed by atoms with Gasteiger partial charge in [-0.2, -0.15) is 13.2 Å². The Morgan fingerprint density at radius 3 is 2.31 bits per heavy atom. The summed E-state index contributed by atoms with van der Waals surface area (Å²) in [5, 5.41) is 10.2. The highest BCUT2D eigenvalue weighted by Gasteiger charge is 2.32. The molecule has 0 radical (unpaired) electrons. The van der Waals surface area contributed by atoms with E-state index in [0.29, 0.717) is 29.9 Å². The molecular weight excluding hydrogens is 389 g/mol. The largest absolute Gasteiger partial charge is 0.435 e. The molecule has 4 rings (SSSR count). The molecule has 1 N–H and O–H groups in total. The summed E-state index contributed by atoms with van der Waals surface area (Å²) in [5.41, 5.74) is 2.83. The summed E-state index contributed by atoms with van der Waals surface area (Å²) < 4.78 is 65.0. The van der Waals surface area contributed by atoms with E-state index in [4.69, 9.17) is 0 Å². The number of aromatic nitrogens is 2. The summed E-state index contributed by atoms with van der Waals surface area (Å²) in [6.45, 7) is 1.03. The highest BCUT2D eigenvalue weighted by Crippen LogP contribution is 2.32. The zero-order valence-corrected chi connectivity index (χ0v) is 14.9. The minimum Gasteiger partial charge on any atom is -0.309 e. The number of fused-ring (bicyclic) bond motifs is 1. The highest BCUT2D eigenvalue weighted by molar-refractivity contribution is 5.83. The van der Waals surface area contributed by atoms with Crippen LogP contribution in [0.15, 0.2) is 54.6 Å². The van der Waals surface area contributed by atoms with Gasteiger partial charge in [0.05, 0.1) is 5.69 Å². The van der Waals surface area contributed by atoms with Crippen molar-refractivity contribution in [3.05, 3.63) is 88.6 Å². The van der Waals surface area contributed by atoms with Crippen molar-refractivity contribution in [1.29, 1.82) is 0 Å². The van der Waals surface area contributed by atoms with Crippen molar-refractivity contribution in [2.75, 3.05) is 6.54 Å². The number of halogens is 5. The average Bonchev–Trinajstić information content (AvgIpc) is 2.91. The van der Waals surface area contributed by atoms with Gasteiger partial charge in [-0.25, -0.2) is 8.78 Å². The number of nitrogens with one attached hydrogen (secondary N) is 1. The third-order valence-corrected chi connectivity index (χ3v) is 4.64. The van der Waals surface area contributed by atoms with Crippen LogP contribution >= 0.6 is 0 Å². The van der Waals surface area contributed by atoms with E-state index < -0.39 is 23.5 Å². The van der Waals surface area contributed by atoms with Gasteiger partial charge >= 0.3 is 6.18 Å². The molecule has 2 aromatic carbocycles.